The fraction of sp³-hybridized carbons (Fsp3) is 0.536. The summed E-state index contributed by atoms with van der Waals surface area (Å²) in [6.07, 6.45) is -8.76. The molecule has 44 heavy (non-hydrogen) atoms. The van der Waals surface area contributed by atoms with E-state index in [9.17, 15) is 57.1 Å². The predicted molar refractivity (Wildman–Crippen MR) is 135 cm³/mol. The SMILES string of the molecule is CC[C@H](C)COc1ccc(N=Cc2ccc(OCCCCC(F)(F)C(F)(F)C(F)(F)C(F)(F)C(F)(F)C(F)(F)F)cc2)cc1. The van der Waals surface area contributed by atoms with Crippen molar-refractivity contribution in [2.24, 2.45) is 10.9 Å². The van der Waals surface area contributed by atoms with Crippen LogP contribution in [-0.4, -0.2) is 55.2 Å². The number of hydrogen-bond acceptors (Lipinski definition) is 3. The van der Waals surface area contributed by atoms with E-state index >= 15 is 0 Å². The molecule has 0 aliphatic heterocycles. The molecule has 0 saturated heterocycles. The van der Waals surface area contributed by atoms with Crippen LogP contribution in [-0.2, 0) is 0 Å². The van der Waals surface area contributed by atoms with E-state index in [1.54, 1.807) is 36.4 Å². The van der Waals surface area contributed by atoms with Gasteiger partial charge in [-0.15, -0.1) is 0 Å². The molecule has 0 radical (unpaired) electrons. The lowest BCUT2D eigenvalue weighted by molar-refractivity contribution is -0.440. The molecule has 0 heterocycles. The first-order chi connectivity index (χ1) is 20.1. The van der Waals surface area contributed by atoms with Crippen molar-refractivity contribution in [3.63, 3.8) is 0 Å². The van der Waals surface area contributed by atoms with Crippen molar-refractivity contribution >= 4 is 11.9 Å². The van der Waals surface area contributed by atoms with Gasteiger partial charge >= 0.3 is 35.8 Å². The number of unbranched alkanes of at least 4 members (excludes halogenated alkanes) is 1. The Bertz CT molecular complexity index is 1210. The second kappa shape index (κ2) is 13.8. The maximum atomic E-state index is 13.8. The number of halogens is 13. The Hall–Kier alpha value is -3.20. The van der Waals surface area contributed by atoms with Crippen LogP contribution in [0.3, 0.4) is 0 Å². The number of alkyl halides is 13. The molecule has 2 aromatic rings. The molecular weight excluding hydrogens is 629 g/mol. The van der Waals surface area contributed by atoms with Crippen molar-refractivity contribution in [2.45, 2.75) is 75.3 Å². The van der Waals surface area contributed by atoms with Crippen LogP contribution in [0.1, 0.15) is 45.1 Å². The summed E-state index contributed by atoms with van der Waals surface area (Å²) in [6, 6.07) is 13.0. The molecule has 2 rings (SSSR count). The van der Waals surface area contributed by atoms with Crippen LogP contribution in [0.25, 0.3) is 0 Å². The highest BCUT2D eigenvalue weighted by molar-refractivity contribution is 5.82. The zero-order chi connectivity index (χ0) is 33.6. The number of nitrogens with zero attached hydrogens (tertiary/aromatic N) is 1. The number of benzene rings is 2. The summed E-state index contributed by atoms with van der Waals surface area (Å²) >= 11 is 0. The molecule has 0 fully saturated rings. The van der Waals surface area contributed by atoms with Crippen LogP contribution < -0.4 is 9.47 Å². The zero-order valence-corrected chi connectivity index (χ0v) is 23.2. The fourth-order valence-electron chi connectivity index (χ4n) is 3.38. The van der Waals surface area contributed by atoms with Crippen LogP contribution >= 0.6 is 0 Å². The molecule has 2 aromatic carbocycles. The van der Waals surface area contributed by atoms with Crippen LogP contribution in [0, 0.1) is 5.92 Å². The van der Waals surface area contributed by atoms with E-state index in [2.05, 4.69) is 18.8 Å². The second-order valence-corrected chi connectivity index (χ2v) is 9.95. The number of rotatable bonds is 16. The van der Waals surface area contributed by atoms with Crippen LogP contribution in [0.5, 0.6) is 11.5 Å². The standard InChI is InChI=1S/C28H28F13NO2/c1-3-18(2)17-44-22-12-8-20(9-13-22)42-16-19-6-10-21(11-7-19)43-15-5-4-14-23(29,30)24(31,32)25(33,34)26(35,36)27(37,38)28(39,40)41/h6-13,16,18H,3-5,14-15,17H2,1-2H3/t18-/m0/s1. The Morgan fingerprint density at radius 1 is 0.659 bits per heavy atom. The highest BCUT2D eigenvalue weighted by Crippen LogP contribution is 2.60. The van der Waals surface area contributed by atoms with Gasteiger partial charge in [0.15, 0.2) is 0 Å². The molecule has 0 aliphatic rings. The number of ether oxygens (including phenoxy) is 2. The molecule has 0 N–H and O–H groups in total. The monoisotopic (exact) mass is 657 g/mol. The molecule has 16 heteroatoms. The van der Waals surface area contributed by atoms with Crippen molar-refractivity contribution in [3.8, 4) is 11.5 Å². The van der Waals surface area contributed by atoms with Crippen molar-refractivity contribution in [1.29, 1.82) is 0 Å². The molecule has 0 bridgehead atoms. The minimum atomic E-state index is -7.89. The lowest BCUT2D eigenvalue weighted by atomic mass is 9.92. The summed E-state index contributed by atoms with van der Waals surface area (Å²) < 4.78 is 182. The zero-order valence-electron chi connectivity index (χ0n) is 23.2. The van der Waals surface area contributed by atoms with E-state index in [0.717, 1.165) is 6.42 Å². The first-order valence-corrected chi connectivity index (χ1v) is 13.1. The van der Waals surface area contributed by atoms with E-state index in [1.165, 1.54) is 18.3 Å². The Balaban J connectivity index is 1.89. The van der Waals surface area contributed by atoms with Gasteiger partial charge in [-0.25, -0.2) is 0 Å². The van der Waals surface area contributed by atoms with Crippen molar-refractivity contribution in [3.05, 3.63) is 54.1 Å². The molecule has 0 unspecified atom stereocenters. The molecule has 0 saturated carbocycles. The third-order valence-corrected chi connectivity index (χ3v) is 6.46. The minimum absolute atomic E-state index is 0.169. The van der Waals surface area contributed by atoms with Crippen LogP contribution in [0.15, 0.2) is 53.5 Å². The van der Waals surface area contributed by atoms with Crippen molar-refractivity contribution in [2.75, 3.05) is 13.2 Å². The summed E-state index contributed by atoms with van der Waals surface area (Å²) in [4.78, 5) is 4.29. The van der Waals surface area contributed by atoms with Crippen LogP contribution in [0.2, 0.25) is 0 Å². The fourth-order valence-corrected chi connectivity index (χ4v) is 3.38. The van der Waals surface area contributed by atoms with Gasteiger partial charge in [0.25, 0.3) is 0 Å². The van der Waals surface area contributed by atoms with E-state index in [0.29, 0.717) is 29.5 Å². The molecule has 0 aromatic heterocycles. The van der Waals surface area contributed by atoms with Gasteiger partial charge in [0, 0.05) is 12.6 Å². The van der Waals surface area contributed by atoms with Gasteiger partial charge in [0.05, 0.1) is 18.9 Å². The van der Waals surface area contributed by atoms with Crippen molar-refractivity contribution < 1.29 is 66.5 Å². The van der Waals surface area contributed by atoms with E-state index in [1.807, 2.05) is 0 Å². The summed E-state index contributed by atoms with van der Waals surface area (Å²) in [7, 11) is 0. The third-order valence-electron chi connectivity index (χ3n) is 6.46. The first kappa shape index (κ1) is 37.0. The average molecular weight is 658 g/mol. The lowest BCUT2D eigenvalue weighted by Crippen LogP contribution is -2.70. The molecule has 0 amide bonds. The second-order valence-electron chi connectivity index (χ2n) is 9.95. The topological polar surface area (TPSA) is 30.8 Å². The average Bonchev–Trinajstić information content (AvgIpc) is 2.94. The number of aliphatic imine (C=N–C) groups is 1. The molecule has 0 aliphatic carbocycles. The molecule has 0 spiro atoms. The maximum absolute atomic E-state index is 13.8. The normalized spacial score (nSPS) is 14.6. The Morgan fingerprint density at radius 3 is 1.68 bits per heavy atom. The highest BCUT2D eigenvalue weighted by Gasteiger charge is 2.90. The summed E-state index contributed by atoms with van der Waals surface area (Å²) in [5, 5.41) is 0. The Kier molecular flexibility index (Phi) is 11.6. The minimum Gasteiger partial charge on any atom is -0.494 e. The smallest absolute Gasteiger partial charge is 0.460 e. The lowest BCUT2D eigenvalue weighted by Gasteiger charge is -2.39. The van der Waals surface area contributed by atoms with Crippen LogP contribution in [0.4, 0.5) is 62.8 Å². The van der Waals surface area contributed by atoms with Gasteiger partial charge in [-0.3, -0.25) is 4.99 Å². The Labute approximate surface area is 244 Å². The summed E-state index contributed by atoms with van der Waals surface area (Å²) in [5.41, 5.74) is 1.24. The number of hydrogen-bond donors (Lipinski definition) is 0. The largest absolute Gasteiger partial charge is 0.494 e. The predicted octanol–water partition coefficient (Wildman–Crippen LogP) is 10.1. The van der Waals surface area contributed by atoms with Crippen molar-refractivity contribution in [1.82, 2.24) is 0 Å². The van der Waals surface area contributed by atoms with Gasteiger partial charge < -0.3 is 9.47 Å². The third kappa shape index (κ3) is 8.09. The van der Waals surface area contributed by atoms with Gasteiger partial charge in [-0.2, -0.15) is 57.1 Å². The highest BCUT2D eigenvalue weighted by atomic mass is 19.4. The molecule has 1 atom stereocenters. The summed E-state index contributed by atoms with van der Waals surface area (Å²) in [5.74, 6) is -35.5. The van der Waals surface area contributed by atoms with Gasteiger partial charge in [0.1, 0.15) is 11.5 Å². The molecular formula is C28H28F13NO2. The van der Waals surface area contributed by atoms with E-state index in [4.69, 9.17) is 9.47 Å². The molecule has 248 valence electrons. The molecule has 3 nitrogen and oxygen atoms in total. The Morgan fingerprint density at radius 2 is 1.16 bits per heavy atom. The van der Waals surface area contributed by atoms with Gasteiger partial charge in [-0.05, 0) is 72.9 Å². The van der Waals surface area contributed by atoms with E-state index < -0.39 is 61.7 Å². The maximum Gasteiger partial charge on any atom is 0.460 e. The van der Waals surface area contributed by atoms with Gasteiger partial charge in [-0.1, -0.05) is 20.3 Å². The van der Waals surface area contributed by atoms with Gasteiger partial charge in [0.2, 0.25) is 0 Å². The quantitative estimate of drug-likeness (QED) is 0.102. The van der Waals surface area contributed by atoms with E-state index in [-0.39, 0.29) is 5.75 Å². The first-order valence-electron chi connectivity index (χ1n) is 13.1. The summed E-state index contributed by atoms with van der Waals surface area (Å²) in [6.45, 7) is 4.25.